The molecule has 1 atom stereocenters. The van der Waals surface area contributed by atoms with Crippen molar-refractivity contribution in [3.63, 3.8) is 0 Å². The molecule has 23 heavy (non-hydrogen) atoms. The predicted octanol–water partition coefficient (Wildman–Crippen LogP) is 3.56. The van der Waals surface area contributed by atoms with E-state index in [1.807, 2.05) is 19.1 Å². The highest BCUT2D eigenvalue weighted by molar-refractivity contribution is 7.99. The second-order valence-corrected chi connectivity index (χ2v) is 5.94. The maximum atomic E-state index is 5.60. The van der Waals surface area contributed by atoms with Gasteiger partial charge in [-0.2, -0.15) is 4.98 Å². The Morgan fingerprint density at radius 1 is 1.22 bits per heavy atom. The zero-order chi connectivity index (χ0) is 15.6. The van der Waals surface area contributed by atoms with Gasteiger partial charge in [0.2, 0.25) is 11.7 Å². The van der Waals surface area contributed by atoms with Gasteiger partial charge in [-0.25, -0.2) is 0 Å². The Labute approximate surface area is 134 Å². The number of H-pyrrole nitrogens is 1. The summed E-state index contributed by atoms with van der Waals surface area (Å²) in [5.41, 5.74) is 0.773. The van der Waals surface area contributed by atoms with Gasteiger partial charge in [-0.05, 0) is 31.2 Å². The van der Waals surface area contributed by atoms with E-state index >= 15 is 0 Å². The van der Waals surface area contributed by atoms with E-state index < -0.39 is 0 Å². The largest absolute Gasteiger partial charge is 0.461 e. The van der Waals surface area contributed by atoms with E-state index in [0.29, 0.717) is 28.6 Å². The van der Waals surface area contributed by atoms with Crippen LogP contribution in [-0.2, 0) is 0 Å². The number of nitrogens with zero attached hydrogens (tertiary/aromatic N) is 4. The summed E-state index contributed by atoms with van der Waals surface area (Å²) in [6.07, 6.45) is 3.35. The third kappa shape index (κ3) is 2.78. The van der Waals surface area contributed by atoms with Crippen molar-refractivity contribution in [3.8, 4) is 23.2 Å². The molecule has 0 aromatic carbocycles. The first-order valence-electron chi connectivity index (χ1n) is 6.81. The van der Waals surface area contributed by atoms with Crippen LogP contribution in [0.25, 0.3) is 23.2 Å². The summed E-state index contributed by atoms with van der Waals surface area (Å²) in [6.45, 7) is 1.92. The quantitative estimate of drug-likeness (QED) is 0.554. The lowest BCUT2D eigenvalue weighted by molar-refractivity contribution is 0.378. The fourth-order valence-corrected chi connectivity index (χ4v) is 2.65. The lowest BCUT2D eigenvalue weighted by Crippen LogP contribution is -1.89. The van der Waals surface area contributed by atoms with Gasteiger partial charge in [0.1, 0.15) is 5.69 Å². The summed E-state index contributed by atoms with van der Waals surface area (Å²) in [5, 5.41) is 12.2. The van der Waals surface area contributed by atoms with Crippen LogP contribution in [0.1, 0.15) is 18.1 Å². The van der Waals surface area contributed by atoms with E-state index in [1.165, 1.54) is 11.8 Å². The Balaban J connectivity index is 1.49. The molecule has 1 N–H and O–H groups in total. The van der Waals surface area contributed by atoms with Crippen molar-refractivity contribution in [1.82, 2.24) is 25.3 Å². The summed E-state index contributed by atoms with van der Waals surface area (Å²) in [7, 11) is 0. The van der Waals surface area contributed by atoms with Gasteiger partial charge in [0, 0.05) is 6.20 Å². The molecule has 4 rings (SSSR count). The van der Waals surface area contributed by atoms with Gasteiger partial charge >= 0.3 is 0 Å². The number of rotatable bonds is 5. The Kier molecular flexibility index (Phi) is 3.46. The van der Waals surface area contributed by atoms with Crippen LogP contribution in [0.4, 0.5) is 0 Å². The number of nitrogens with one attached hydrogen (secondary N) is 1. The molecule has 0 saturated heterocycles. The highest BCUT2D eigenvalue weighted by atomic mass is 32.2. The molecule has 0 fully saturated rings. The van der Waals surface area contributed by atoms with E-state index in [4.69, 9.17) is 13.4 Å². The number of aromatic amines is 1. The van der Waals surface area contributed by atoms with E-state index in [9.17, 15) is 0 Å². The molecule has 0 saturated carbocycles. The average Bonchev–Trinajstić information content (AvgIpc) is 3.30. The van der Waals surface area contributed by atoms with Crippen molar-refractivity contribution in [2.75, 3.05) is 0 Å². The molecule has 0 aliphatic carbocycles. The Bertz CT molecular complexity index is 881. The van der Waals surface area contributed by atoms with Crippen LogP contribution >= 0.6 is 11.8 Å². The lowest BCUT2D eigenvalue weighted by Gasteiger charge is -2.00. The number of thioether (sulfide) groups is 1. The standard InChI is InChI=1S/C14H11N5O3S/c1-8(12-16-11(19-22-12)10-5-3-7-20-10)23-14-18-17-13(21-14)9-4-2-6-15-9/h2-8,15H,1H3/t8-/m0/s1. The van der Waals surface area contributed by atoms with Gasteiger partial charge in [-0.15, -0.1) is 10.2 Å². The predicted molar refractivity (Wildman–Crippen MR) is 80.4 cm³/mol. The number of furan rings is 1. The zero-order valence-electron chi connectivity index (χ0n) is 12.0. The van der Waals surface area contributed by atoms with Gasteiger partial charge in [0.05, 0.1) is 11.5 Å². The maximum Gasteiger partial charge on any atom is 0.277 e. The van der Waals surface area contributed by atoms with Crippen LogP contribution in [0.15, 0.2) is 55.3 Å². The highest BCUT2D eigenvalue weighted by Gasteiger charge is 2.20. The lowest BCUT2D eigenvalue weighted by atomic mass is 10.4. The van der Waals surface area contributed by atoms with E-state index in [-0.39, 0.29) is 5.25 Å². The van der Waals surface area contributed by atoms with E-state index in [1.54, 1.807) is 24.6 Å². The molecule has 116 valence electrons. The molecule has 4 heterocycles. The summed E-state index contributed by atoms with van der Waals surface area (Å²) in [4.78, 5) is 7.33. The van der Waals surface area contributed by atoms with Gasteiger partial charge in [0.25, 0.3) is 11.1 Å². The minimum atomic E-state index is -0.136. The van der Waals surface area contributed by atoms with Crippen molar-refractivity contribution < 1.29 is 13.4 Å². The van der Waals surface area contributed by atoms with Gasteiger partial charge in [0.15, 0.2) is 5.76 Å². The van der Waals surface area contributed by atoms with Crippen molar-refractivity contribution in [1.29, 1.82) is 0 Å². The Morgan fingerprint density at radius 2 is 2.17 bits per heavy atom. The molecule has 0 aliphatic heterocycles. The van der Waals surface area contributed by atoms with Gasteiger partial charge in [-0.1, -0.05) is 16.9 Å². The molecule has 4 aromatic rings. The molecule has 0 radical (unpaired) electrons. The van der Waals surface area contributed by atoms with Crippen molar-refractivity contribution in [3.05, 3.63) is 42.6 Å². The molecule has 0 amide bonds. The van der Waals surface area contributed by atoms with Crippen LogP contribution in [-0.4, -0.2) is 25.3 Å². The third-order valence-electron chi connectivity index (χ3n) is 3.04. The molecule has 8 nitrogen and oxygen atoms in total. The first kappa shape index (κ1) is 13.8. The summed E-state index contributed by atoms with van der Waals surface area (Å²) in [5.74, 6) is 1.87. The Morgan fingerprint density at radius 3 is 2.96 bits per heavy atom. The maximum absolute atomic E-state index is 5.60. The number of aromatic nitrogens is 5. The summed E-state index contributed by atoms with van der Waals surface area (Å²) in [6, 6.07) is 7.26. The summed E-state index contributed by atoms with van der Waals surface area (Å²) >= 11 is 1.34. The van der Waals surface area contributed by atoms with Gasteiger partial charge < -0.3 is 18.3 Å². The third-order valence-corrected chi connectivity index (χ3v) is 3.97. The normalized spacial score (nSPS) is 12.6. The molecule has 0 spiro atoms. The van der Waals surface area contributed by atoms with Crippen LogP contribution in [0.3, 0.4) is 0 Å². The molecule has 0 aliphatic rings. The fraction of sp³-hybridized carbons (Fsp3) is 0.143. The smallest absolute Gasteiger partial charge is 0.277 e. The van der Waals surface area contributed by atoms with Crippen LogP contribution in [0.5, 0.6) is 0 Å². The average molecular weight is 329 g/mol. The fourth-order valence-electron chi connectivity index (χ4n) is 1.94. The SMILES string of the molecule is C[C@H](Sc1nnc(-c2ccc[nH]2)o1)c1nc(-c2ccco2)no1. The molecule has 0 bridgehead atoms. The van der Waals surface area contributed by atoms with Crippen LogP contribution in [0, 0.1) is 0 Å². The van der Waals surface area contributed by atoms with Gasteiger partial charge in [-0.3, -0.25) is 0 Å². The number of hydrogen-bond donors (Lipinski definition) is 1. The molecular weight excluding hydrogens is 318 g/mol. The van der Waals surface area contributed by atoms with Crippen LogP contribution < -0.4 is 0 Å². The minimum absolute atomic E-state index is 0.136. The zero-order valence-corrected chi connectivity index (χ0v) is 12.8. The minimum Gasteiger partial charge on any atom is -0.461 e. The molecule has 4 aromatic heterocycles. The van der Waals surface area contributed by atoms with Crippen molar-refractivity contribution in [2.24, 2.45) is 0 Å². The van der Waals surface area contributed by atoms with Crippen LogP contribution in [0.2, 0.25) is 0 Å². The highest BCUT2D eigenvalue weighted by Crippen LogP contribution is 2.34. The Hall–Kier alpha value is -2.81. The summed E-state index contributed by atoms with van der Waals surface area (Å²) < 4.78 is 16.1. The number of hydrogen-bond acceptors (Lipinski definition) is 8. The second kappa shape index (κ2) is 5.76. The first-order chi connectivity index (χ1) is 11.3. The van der Waals surface area contributed by atoms with E-state index in [2.05, 4.69) is 25.3 Å². The van der Waals surface area contributed by atoms with E-state index in [0.717, 1.165) is 5.69 Å². The van der Waals surface area contributed by atoms with Crippen molar-refractivity contribution in [2.45, 2.75) is 17.4 Å². The topological polar surface area (TPSA) is 107 Å². The second-order valence-electron chi connectivity index (χ2n) is 4.65. The van der Waals surface area contributed by atoms with Crippen molar-refractivity contribution >= 4 is 11.8 Å². The monoisotopic (exact) mass is 329 g/mol. The first-order valence-corrected chi connectivity index (χ1v) is 7.69. The molecular formula is C14H11N5O3S. The molecule has 0 unspecified atom stereocenters. The molecule has 9 heteroatoms.